The Kier molecular flexibility index (Phi) is 4.00. The van der Waals surface area contributed by atoms with Crippen LogP contribution in [0.1, 0.15) is 20.7 Å². The average Bonchev–Trinajstić information content (AvgIpc) is 3.09. The van der Waals surface area contributed by atoms with Gasteiger partial charge in [-0.05, 0) is 28.1 Å². The molecule has 5 nitrogen and oxygen atoms in total. The van der Waals surface area contributed by atoms with E-state index >= 15 is 0 Å². The Bertz CT molecular complexity index is 869. The van der Waals surface area contributed by atoms with E-state index in [4.69, 9.17) is 0 Å². The largest absolute Gasteiger partial charge is 0.350 e. The Morgan fingerprint density at radius 3 is 2.64 bits per heavy atom. The molecule has 2 N–H and O–H groups in total. The Balaban J connectivity index is 1.75. The van der Waals surface area contributed by atoms with Crippen LogP contribution >= 0.6 is 27.3 Å². The van der Waals surface area contributed by atoms with Gasteiger partial charge < -0.3 is 4.57 Å². The maximum atomic E-state index is 12.3. The normalized spacial score (nSPS) is 10.6. The van der Waals surface area contributed by atoms with Gasteiger partial charge in [0.2, 0.25) is 0 Å². The average molecular weight is 378 g/mol. The molecular formula is C15H12BrN3O2S. The SMILES string of the molecule is Cn1cc(C(=O)NNC(=O)c2csc(Br)c2)c2ccccc21. The number of aromatic nitrogens is 1. The van der Waals surface area contributed by atoms with Crippen molar-refractivity contribution in [3.63, 3.8) is 0 Å². The van der Waals surface area contributed by atoms with E-state index in [9.17, 15) is 9.59 Å². The van der Waals surface area contributed by atoms with Gasteiger partial charge in [-0.25, -0.2) is 0 Å². The number of benzene rings is 1. The summed E-state index contributed by atoms with van der Waals surface area (Å²) in [6, 6.07) is 9.31. The first-order chi connectivity index (χ1) is 10.6. The van der Waals surface area contributed by atoms with Crippen LogP contribution in [0.4, 0.5) is 0 Å². The molecule has 2 heterocycles. The highest BCUT2D eigenvalue weighted by molar-refractivity contribution is 9.11. The molecule has 22 heavy (non-hydrogen) atoms. The number of carbonyl (C=O) groups is 2. The molecule has 0 radical (unpaired) electrons. The Labute approximate surface area is 139 Å². The summed E-state index contributed by atoms with van der Waals surface area (Å²) in [5, 5.41) is 2.55. The molecule has 0 saturated carbocycles. The molecule has 2 amide bonds. The van der Waals surface area contributed by atoms with Gasteiger partial charge in [0, 0.05) is 29.5 Å². The van der Waals surface area contributed by atoms with E-state index in [1.54, 1.807) is 17.6 Å². The van der Waals surface area contributed by atoms with Crippen molar-refractivity contribution in [3.05, 3.63) is 56.8 Å². The number of nitrogens with zero attached hydrogens (tertiary/aromatic N) is 1. The Morgan fingerprint density at radius 1 is 1.18 bits per heavy atom. The fourth-order valence-corrected chi connectivity index (χ4v) is 3.34. The highest BCUT2D eigenvalue weighted by atomic mass is 79.9. The summed E-state index contributed by atoms with van der Waals surface area (Å²) in [5.41, 5.74) is 6.84. The molecule has 0 aliphatic rings. The van der Waals surface area contributed by atoms with Crippen molar-refractivity contribution in [1.29, 1.82) is 0 Å². The van der Waals surface area contributed by atoms with Crippen molar-refractivity contribution in [1.82, 2.24) is 15.4 Å². The van der Waals surface area contributed by atoms with Gasteiger partial charge in [-0.3, -0.25) is 20.4 Å². The fraction of sp³-hybridized carbons (Fsp3) is 0.0667. The van der Waals surface area contributed by atoms with Crippen molar-refractivity contribution < 1.29 is 9.59 Å². The molecule has 112 valence electrons. The molecule has 0 aliphatic carbocycles. The van der Waals surface area contributed by atoms with E-state index in [1.165, 1.54) is 11.3 Å². The minimum Gasteiger partial charge on any atom is -0.350 e. The molecule has 0 aliphatic heterocycles. The number of thiophene rings is 1. The van der Waals surface area contributed by atoms with Gasteiger partial charge in [-0.2, -0.15) is 0 Å². The summed E-state index contributed by atoms with van der Waals surface area (Å²) < 4.78 is 2.74. The zero-order chi connectivity index (χ0) is 15.7. The van der Waals surface area contributed by atoms with Gasteiger partial charge in [0.05, 0.1) is 14.9 Å². The highest BCUT2D eigenvalue weighted by Crippen LogP contribution is 2.21. The molecular weight excluding hydrogens is 366 g/mol. The third kappa shape index (κ3) is 2.77. The van der Waals surface area contributed by atoms with E-state index < -0.39 is 0 Å². The zero-order valence-electron chi connectivity index (χ0n) is 11.6. The van der Waals surface area contributed by atoms with Crippen LogP contribution in [-0.4, -0.2) is 16.4 Å². The summed E-state index contributed by atoms with van der Waals surface area (Å²) in [5.74, 6) is -0.699. The van der Waals surface area contributed by atoms with Gasteiger partial charge >= 0.3 is 0 Å². The number of carbonyl (C=O) groups excluding carboxylic acids is 2. The van der Waals surface area contributed by atoms with Crippen molar-refractivity contribution >= 4 is 50.0 Å². The lowest BCUT2D eigenvalue weighted by Gasteiger charge is -2.05. The highest BCUT2D eigenvalue weighted by Gasteiger charge is 2.15. The molecule has 0 unspecified atom stereocenters. The quantitative estimate of drug-likeness (QED) is 0.674. The monoisotopic (exact) mass is 377 g/mol. The smallest absolute Gasteiger partial charge is 0.271 e. The van der Waals surface area contributed by atoms with Crippen LogP contribution in [0.2, 0.25) is 0 Å². The molecule has 1 aromatic carbocycles. The number of nitrogens with one attached hydrogen (secondary N) is 2. The van der Waals surface area contributed by atoms with E-state index in [-0.39, 0.29) is 11.8 Å². The van der Waals surface area contributed by atoms with Crippen LogP contribution in [0.5, 0.6) is 0 Å². The number of hydrazine groups is 1. The lowest BCUT2D eigenvalue weighted by molar-refractivity contribution is 0.0847. The van der Waals surface area contributed by atoms with Crippen molar-refractivity contribution in [3.8, 4) is 0 Å². The number of para-hydroxylation sites is 1. The Morgan fingerprint density at radius 2 is 1.91 bits per heavy atom. The fourth-order valence-electron chi connectivity index (χ4n) is 2.20. The third-order valence-electron chi connectivity index (χ3n) is 3.26. The van der Waals surface area contributed by atoms with Crippen LogP contribution in [0, 0.1) is 0 Å². The van der Waals surface area contributed by atoms with Crippen molar-refractivity contribution in [2.75, 3.05) is 0 Å². The van der Waals surface area contributed by atoms with Crippen molar-refractivity contribution in [2.24, 2.45) is 7.05 Å². The summed E-state index contributed by atoms with van der Waals surface area (Å²) in [7, 11) is 1.88. The summed E-state index contributed by atoms with van der Waals surface area (Å²) in [6.45, 7) is 0. The summed E-state index contributed by atoms with van der Waals surface area (Å²) >= 11 is 4.70. The first kappa shape index (κ1) is 14.8. The predicted molar refractivity (Wildman–Crippen MR) is 89.9 cm³/mol. The molecule has 2 aromatic heterocycles. The number of hydrogen-bond donors (Lipinski definition) is 2. The van der Waals surface area contributed by atoms with Crippen LogP contribution < -0.4 is 10.9 Å². The third-order valence-corrected chi connectivity index (χ3v) is 4.77. The van der Waals surface area contributed by atoms with Gasteiger partial charge in [-0.15, -0.1) is 11.3 Å². The van der Waals surface area contributed by atoms with Gasteiger partial charge in [0.15, 0.2) is 0 Å². The topological polar surface area (TPSA) is 63.1 Å². The first-order valence-electron chi connectivity index (χ1n) is 6.45. The van der Waals surface area contributed by atoms with E-state index in [1.807, 2.05) is 35.9 Å². The lowest BCUT2D eigenvalue weighted by atomic mass is 10.2. The van der Waals surface area contributed by atoms with E-state index in [2.05, 4.69) is 26.8 Å². The molecule has 0 atom stereocenters. The number of aryl methyl sites for hydroxylation is 1. The molecule has 0 bridgehead atoms. The molecule has 3 rings (SSSR count). The second-order valence-corrected chi connectivity index (χ2v) is 7.01. The number of fused-ring (bicyclic) bond motifs is 1. The summed E-state index contributed by atoms with van der Waals surface area (Å²) in [6.07, 6.45) is 1.74. The number of rotatable bonds is 2. The molecule has 7 heteroatoms. The standard InChI is InChI=1S/C15H12BrN3O2S/c1-19-7-11(10-4-2-3-5-12(10)19)15(21)18-17-14(20)9-6-13(16)22-8-9/h2-8H,1H3,(H,17,20)(H,18,21). The molecule has 0 fully saturated rings. The molecule has 0 spiro atoms. The van der Waals surface area contributed by atoms with Crippen molar-refractivity contribution in [2.45, 2.75) is 0 Å². The predicted octanol–water partition coefficient (Wildman–Crippen LogP) is 3.08. The maximum absolute atomic E-state index is 12.3. The number of amides is 2. The first-order valence-corrected chi connectivity index (χ1v) is 8.12. The lowest BCUT2D eigenvalue weighted by Crippen LogP contribution is -2.41. The minimum atomic E-state index is -0.351. The zero-order valence-corrected chi connectivity index (χ0v) is 14.0. The van der Waals surface area contributed by atoms with Gasteiger partial charge in [-0.1, -0.05) is 18.2 Å². The second-order valence-electron chi connectivity index (χ2n) is 4.72. The number of hydrogen-bond acceptors (Lipinski definition) is 3. The molecule has 0 saturated heterocycles. The van der Waals surface area contributed by atoms with Crippen LogP contribution in [0.3, 0.4) is 0 Å². The van der Waals surface area contributed by atoms with Crippen LogP contribution in [-0.2, 0) is 7.05 Å². The van der Waals surface area contributed by atoms with Crippen LogP contribution in [0.15, 0.2) is 45.7 Å². The van der Waals surface area contributed by atoms with E-state index in [0.717, 1.165) is 14.7 Å². The Hall–Kier alpha value is -2.12. The van der Waals surface area contributed by atoms with Gasteiger partial charge in [0.1, 0.15) is 0 Å². The number of halogens is 1. The van der Waals surface area contributed by atoms with Crippen LogP contribution in [0.25, 0.3) is 10.9 Å². The van der Waals surface area contributed by atoms with Gasteiger partial charge in [0.25, 0.3) is 11.8 Å². The molecule has 3 aromatic rings. The maximum Gasteiger partial charge on any atom is 0.271 e. The summed E-state index contributed by atoms with van der Waals surface area (Å²) in [4.78, 5) is 24.2. The second kappa shape index (κ2) is 5.94. The van der Waals surface area contributed by atoms with E-state index in [0.29, 0.717) is 11.1 Å². The minimum absolute atomic E-state index is 0.348.